The van der Waals surface area contributed by atoms with Gasteiger partial charge in [-0.25, -0.2) is 13.9 Å². The fourth-order valence-corrected chi connectivity index (χ4v) is 1.81. The van der Waals surface area contributed by atoms with E-state index in [1.54, 1.807) is 20.0 Å². The van der Waals surface area contributed by atoms with Crippen LogP contribution in [0.4, 0.5) is 4.39 Å². The number of esters is 1. The molecule has 0 unspecified atom stereocenters. The average Bonchev–Trinajstić information content (AvgIpc) is 2.78. The Morgan fingerprint density at radius 3 is 2.90 bits per heavy atom. The minimum atomic E-state index is -0.524. The van der Waals surface area contributed by atoms with Crippen molar-refractivity contribution >= 4 is 17.6 Å². The second kappa shape index (κ2) is 6.53. The monoisotopic (exact) mass is 313 g/mol. The van der Waals surface area contributed by atoms with E-state index in [9.17, 15) is 9.18 Å². The van der Waals surface area contributed by atoms with Crippen molar-refractivity contribution in [3.05, 3.63) is 29.0 Å². The number of nitrogens with zero attached hydrogens (tertiary/aromatic N) is 3. The van der Waals surface area contributed by atoms with Crippen LogP contribution in [0.25, 0.3) is 11.4 Å². The largest absolute Gasteiger partial charge is 0.463 e. The highest BCUT2D eigenvalue weighted by atomic mass is 35.5. The number of carbonyl (C=O) groups excluding carboxylic acids is 1. The summed E-state index contributed by atoms with van der Waals surface area (Å²) in [4.78, 5) is 15.2. The average molecular weight is 314 g/mol. The highest BCUT2D eigenvalue weighted by Gasteiger charge is 2.15. The van der Waals surface area contributed by atoms with Gasteiger partial charge < -0.3 is 9.47 Å². The van der Waals surface area contributed by atoms with Crippen LogP contribution >= 0.6 is 11.6 Å². The van der Waals surface area contributed by atoms with Gasteiger partial charge in [-0.2, -0.15) is 4.98 Å². The number of aromatic nitrogens is 3. The lowest BCUT2D eigenvalue weighted by Crippen LogP contribution is -2.15. The molecule has 0 spiro atoms. The Hall–Kier alpha value is -2.15. The van der Waals surface area contributed by atoms with E-state index in [0.29, 0.717) is 0 Å². The molecule has 2 rings (SSSR count). The summed E-state index contributed by atoms with van der Waals surface area (Å²) in [5.74, 6) is -0.776. The Labute approximate surface area is 125 Å². The van der Waals surface area contributed by atoms with Crippen molar-refractivity contribution in [3.63, 3.8) is 0 Å². The number of hydrogen-bond acceptors (Lipinski definition) is 5. The third-order valence-corrected chi connectivity index (χ3v) is 2.78. The highest BCUT2D eigenvalue weighted by molar-refractivity contribution is 6.30. The Morgan fingerprint density at radius 1 is 1.48 bits per heavy atom. The number of carbonyl (C=O) groups is 1. The maximum absolute atomic E-state index is 13.9. The fourth-order valence-electron chi connectivity index (χ4n) is 1.65. The third kappa shape index (κ3) is 3.69. The van der Waals surface area contributed by atoms with Crippen molar-refractivity contribution in [1.29, 1.82) is 0 Å². The van der Waals surface area contributed by atoms with Crippen molar-refractivity contribution < 1.29 is 18.7 Å². The van der Waals surface area contributed by atoms with Crippen LogP contribution in [0.1, 0.15) is 6.92 Å². The lowest BCUT2D eigenvalue weighted by Gasteiger charge is -2.01. The van der Waals surface area contributed by atoms with E-state index in [2.05, 4.69) is 10.1 Å². The lowest BCUT2D eigenvalue weighted by molar-refractivity contribution is -0.145. The molecule has 21 heavy (non-hydrogen) atoms. The van der Waals surface area contributed by atoms with E-state index in [1.807, 2.05) is 0 Å². The first-order valence-corrected chi connectivity index (χ1v) is 6.54. The summed E-state index contributed by atoms with van der Waals surface area (Å²) in [6.45, 7) is 1.65. The quantitative estimate of drug-likeness (QED) is 0.792. The van der Waals surface area contributed by atoms with E-state index >= 15 is 0 Å². The first-order valence-electron chi connectivity index (χ1n) is 6.16. The van der Waals surface area contributed by atoms with E-state index in [0.717, 1.165) is 0 Å². The summed E-state index contributed by atoms with van der Waals surface area (Å²) in [6.07, 6.45) is 0. The zero-order chi connectivity index (χ0) is 15.4. The molecule has 1 heterocycles. The summed E-state index contributed by atoms with van der Waals surface area (Å²) < 4.78 is 25.0. The molecule has 8 heteroatoms. The molecule has 0 bridgehead atoms. The van der Waals surface area contributed by atoms with E-state index in [-0.39, 0.29) is 35.6 Å². The molecule has 0 saturated heterocycles. The number of aryl methyl sites for hydroxylation is 1. The van der Waals surface area contributed by atoms with Crippen molar-refractivity contribution in [2.24, 2.45) is 7.05 Å². The van der Waals surface area contributed by atoms with Gasteiger partial charge in [0.1, 0.15) is 5.82 Å². The summed E-state index contributed by atoms with van der Waals surface area (Å²) in [5.41, 5.74) is 0.236. The van der Waals surface area contributed by atoms with Gasteiger partial charge in [0.25, 0.3) is 0 Å². The molecule has 0 aliphatic heterocycles. The van der Waals surface area contributed by atoms with Gasteiger partial charge in [-0.05, 0) is 25.1 Å². The van der Waals surface area contributed by atoms with Gasteiger partial charge >= 0.3 is 12.0 Å². The zero-order valence-corrected chi connectivity index (χ0v) is 12.2. The van der Waals surface area contributed by atoms with Gasteiger partial charge in [-0.1, -0.05) is 11.6 Å². The van der Waals surface area contributed by atoms with E-state index < -0.39 is 11.8 Å². The molecule has 1 aromatic carbocycles. The Bertz CT molecular complexity index is 660. The van der Waals surface area contributed by atoms with Crippen LogP contribution in [0, 0.1) is 5.82 Å². The molecule has 0 atom stereocenters. The molecule has 0 amide bonds. The van der Waals surface area contributed by atoms with Crippen molar-refractivity contribution in [2.45, 2.75) is 6.92 Å². The molecule has 6 nitrogen and oxygen atoms in total. The molecule has 0 N–H and O–H groups in total. The highest BCUT2D eigenvalue weighted by Crippen LogP contribution is 2.24. The van der Waals surface area contributed by atoms with Gasteiger partial charge in [0, 0.05) is 12.1 Å². The smallest absolute Gasteiger partial charge is 0.344 e. The standard InChI is InChI=1S/C13H13ClFN3O3/c1-3-20-11(19)7-21-13-16-12(18(2)17-13)9-5-4-8(14)6-10(9)15/h4-6H,3,7H2,1-2H3. The van der Waals surface area contributed by atoms with Crippen molar-refractivity contribution in [1.82, 2.24) is 14.8 Å². The van der Waals surface area contributed by atoms with Crippen LogP contribution in [0.15, 0.2) is 18.2 Å². The van der Waals surface area contributed by atoms with Crippen LogP contribution in [0.3, 0.4) is 0 Å². The number of benzene rings is 1. The summed E-state index contributed by atoms with van der Waals surface area (Å²) in [5, 5.41) is 4.25. The maximum Gasteiger partial charge on any atom is 0.344 e. The van der Waals surface area contributed by atoms with E-state index in [1.165, 1.54) is 16.8 Å². The minimum absolute atomic E-state index is 0.0325. The van der Waals surface area contributed by atoms with Crippen LogP contribution < -0.4 is 4.74 Å². The number of ether oxygens (including phenoxy) is 2. The lowest BCUT2D eigenvalue weighted by atomic mass is 10.2. The molecule has 0 fully saturated rings. The van der Waals surface area contributed by atoms with Gasteiger partial charge in [0.2, 0.25) is 0 Å². The van der Waals surface area contributed by atoms with Gasteiger partial charge in [-0.3, -0.25) is 0 Å². The third-order valence-electron chi connectivity index (χ3n) is 2.54. The topological polar surface area (TPSA) is 66.2 Å². The second-order valence-corrected chi connectivity index (χ2v) is 4.50. The number of hydrogen-bond donors (Lipinski definition) is 0. The van der Waals surface area contributed by atoms with Crippen LogP contribution in [-0.2, 0) is 16.6 Å². The van der Waals surface area contributed by atoms with Crippen molar-refractivity contribution in [2.75, 3.05) is 13.2 Å². The minimum Gasteiger partial charge on any atom is -0.463 e. The molecular formula is C13H13ClFN3O3. The summed E-state index contributed by atoms with van der Waals surface area (Å²) >= 11 is 5.70. The summed E-state index contributed by atoms with van der Waals surface area (Å²) in [6, 6.07) is 4.20. The van der Waals surface area contributed by atoms with Crippen molar-refractivity contribution in [3.8, 4) is 17.4 Å². The van der Waals surface area contributed by atoms with Crippen LogP contribution in [0.5, 0.6) is 6.01 Å². The predicted molar refractivity (Wildman–Crippen MR) is 73.5 cm³/mol. The van der Waals surface area contributed by atoms with E-state index in [4.69, 9.17) is 21.1 Å². The SMILES string of the molecule is CCOC(=O)COc1nc(-c2ccc(Cl)cc2F)n(C)n1. The number of halogens is 2. The molecule has 112 valence electrons. The van der Waals surface area contributed by atoms with Crippen LogP contribution in [-0.4, -0.2) is 33.9 Å². The normalized spacial score (nSPS) is 10.5. The number of rotatable bonds is 5. The predicted octanol–water partition coefficient (Wildman–Crippen LogP) is 2.22. The van der Waals surface area contributed by atoms with Crippen LogP contribution in [0.2, 0.25) is 5.02 Å². The molecule has 2 aromatic rings. The van der Waals surface area contributed by atoms with Gasteiger partial charge in [0.15, 0.2) is 12.4 Å². The molecule has 0 aliphatic rings. The Morgan fingerprint density at radius 2 is 2.24 bits per heavy atom. The maximum atomic E-state index is 13.9. The zero-order valence-electron chi connectivity index (χ0n) is 11.5. The van der Waals surface area contributed by atoms with Gasteiger partial charge in [0.05, 0.1) is 12.2 Å². The summed E-state index contributed by atoms with van der Waals surface area (Å²) in [7, 11) is 1.59. The molecular weight excluding hydrogens is 301 g/mol. The Kier molecular flexibility index (Phi) is 4.74. The first kappa shape index (κ1) is 15.2. The molecule has 0 saturated carbocycles. The van der Waals surface area contributed by atoms with Gasteiger partial charge in [-0.15, -0.1) is 5.10 Å². The second-order valence-electron chi connectivity index (χ2n) is 4.06. The Balaban J connectivity index is 2.17. The fraction of sp³-hybridized carbons (Fsp3) is 0.308. The molecule has 0 radical (unpaired) electrons. The first-order chi connectivity index (χ1) is 10.0. The molecule has 1 aromatic heterocycles. The molecule has 0 aliphatic carbocycles.